The molecule has 0 unspecified atom stereocenters. The third kappa shape index (κ3) is 7.08. The van der Waals surface area contributed by atoms with Crippen molar-refractivity contribution >= 4 is 28.9 Å². The van der Waals surface area contributed by atoms with Crippen LogP contribution in [0.2, 0.25) is 0 Å². The molecule has 2 fully saturated rings. The number of ether oxygens (including phenoxy) is 1. The lowest BCUT2D eigenvalue weighted by atomic mass is 9.91. The number of rotatable bonds is 7. The fraction of sp³-hybridized carbons (Fsp3) is 0.372. The van der Waals surface area contributed by atoms with E-state index in [-0.39, 0.29) is 29.8 Å². The molecule has 282 valence electrons. The quantitative estimate of drug-likeness (QED) is 0.152. The number of alkyl carbamates (subject to hydrolysis) is 1. The van der Waals surface area contributed by atoms with E-state index >= 15 is 0 Å². The van der Waals surface area contributed by atoms with Gasteiger partial charge >= 0.3 is 6.09 Å². The smallest absolute Gasteiger partial charge is 0.407 e. The molecule has 0 radical (unpaired) electrons. The van der Waals surface area contributed by atoms with Crippen molar-refractivity contribution in [2.45, 2.75) is 76.5 Å². The molecule has 0 spiro atoms. The summed E-state index contributed by atoms with van der Waals surface area (Å²) >= 11 is 0. The summed E-state index contributed by atoms with van der Waals surface area (Å²) in [5.41, 5.74) is 14.8. The van der Waals surface area contributed by atoms with Gasteiger partial charge in [0, 0.05) is 29.8 Å². The van der Waals surface area contributed by atoms with Crippen LogP contribution in [0.3, 0.4) is 0 Å². The Bertz CT molecular complexity index is 2320. The first kappa shape index (κ1) is 36.1. The molecule has 12 nitrogen and oxygen atoms in total. The van der Waals surface area contributed by atoms with E-state index in [0.717, 1.165) is 83.5 Å². The van der Waals surface area contributed by atoms with E-state index in [1.165, 1.54) is 12.7 Å². The second kappa shape index (κ2) is 15.1. The summed E-state index contributed by atoms with van der Waals surface area (Å²) in [6.45, 7) is 5.23. The van der Waals surface area contributed by atoms with Crippen LogP contribution in [0.15, 0.2) is 66.7 Å². The number of amides is 3. The Labute approximate surface area is 320 Å². The number of carbonyl (C=O) groups excluding carboxylic acids is 3. The number of nitrogens with two attached hydrogens (primary N) is 1. The molecule has 3 amide bonds. The number of nitrogens with zero attached hydrogens (tertiary/aromatic N) is 4. The van der Waals surface area contributed by atoms with Gasteiger partial charge in [-0.25, -0.2) is 14.8 Å². The van der Waals surface area contributed by atoms with Crippen LogP contribution in [-0.4, -0.2) is 73.9 Å². The van der Waals surface area contributed by atoms with Crippen molar-refractivity contribution in [1.82, 2.24) is 35.1 Å². The van der Waals surface area contributed by atoms with E-state index < -0.39 is 18.2 Å². The molecular weight excluding hydrogens is 693 g/mol. The molecule has 5 N–H and O–H groups in total. The molecule has 2 aliphatic heterocycles. The second-order valence-electron chi connectivity index (χ2n) is 15.0. The Morgan fingerprint density at radius 2 is 1.53 bits per heavy atom. The number of H-pyrrole nitrogens is 2. The van der Waals surface area contributed by atoms with Crippen LogP contribution in [0.1, 0.15) is 97.3 Å². The minimum Gasteiger partial charge on any atom is -0.453 e. The highest BCUT2D eigenvalue weighted by atomic mass is 16.5. The van der Waals surface area contributed by atoms with Gasteiger partial charge in [-0.15, -0.1) is 0 Å². The predicted octanol–water partition coefficient (Wildman–Crippen LogP) is 5.86. The van der Waals surface area contributed by atoms with E-state index in [0.29, 0.717) is 24.5 Å². The number of hydrogen-bond donors (Lipinski definition) is 4. The highest BCUT2D eigenvalue weighted by molar-refractivity contribution is 5.88. The minimum atomic E-state index is -0.878. The maximum Gasteiger partial charge on any atom is 0.407 e. The maximum atomic E-state index is 13.9. The molecule has 5 aromatic rings. The van der Waals surface area contributed by atoms with E-state index in [1.807, 2.05) is 73.3 Å². The molecule has 2 saturated heterocycles. The zero-order valence-corrected chi connectivity index (χ0v) is 31.4. The first-order valence-corrected chi connectivity index (χ1v) is 19.2. The number of nitrogens with one attached hydrogen (secondary N) is 3. The molecule has 1 aliphatic carbocycles. The fourth-order valence-corrected chi connectivity index (χ4v) is 8.16. The van der Waals surface area contributed by atoms with Crippen molar-refractivity contribution in [2.75, 3.05) is 20.2 Å². The Morgan fingerprint density at radius 3 is 2.24 bits per heavy atom. The zero-order chi connectivity index (χ0) is 38.2. The van der Waals surface area contributed by atoms with E-state index in [4.69, 9.17) is 20.4 Å². The summed E-state index contributed by atoms with van der Waals surface area (Å²) < 4.78 is 4.83. The molecule has 55 heavy (non-hydrogen) atoms. The standard InChI is InChI=1S/C43H46N8O4/c1-25(2)36(44)41(52)50-21-7-12-35(50)40-46-32-20-17-29-23-26(15-18-30(29)38(32)48-40)13-14-27-16-19-31-33(24-27)47-39(45-31)34-11-8-22-51(34)42(53)37(49-43(54)55-3)28-9-5-4-6-10-28/h4-6,9-10,15-16,18-19,23-25,34-37H,7-8,11-12,17,20-22,44H2,1-3H3,(H,45,47)(H,46,48)(H,49,54)/t34-,35-,36-,37+/m0/s1. The molecule has 12 heteroatoms. The lowest BCUT2D eigenvalue weighted by Gasteiger charge is -2.28. The normalized spacial score (nSPS) is 18.7. The van der Waals surface area contributed by atoms with E-state index in [9.17, 15) is 14.4 Å². The summed E-state index contributed by atoms with van der Waals surface area (Å²) in [7, 11) is 1.28. The Hall–Kier alpha value is -5.93. The van der Waals surface area contributed by atoms with Gasteiger partial charge in [0.1, 0.15) is 17.7 Å². The fourth-order valence-electron chi connectivity index (χ4n) is 8.16. The largest absolute Gasteiger partial charge is 0.453 e. The molecule has 3 aromatic carbocycles. The number of carbonyl (C=O) groups is 3. The molecular formula is C43H46N8O4. The van der Waals surface area contributed by atoms with Gasteiger partial charge in [-0.05, 0) is 85.9 Å². The summed E-state index contributed by atoms with van der Waals surface area (Å²) in [6, 6.07) is 19.7. The van der Waals surface area contributed by atoms with Crippen molar-refractivity contribution in [3.63, 3.8) is 0 Å². The predicted molar refractivity (Wildman–Crippen MR) is 208 cm³/mol. The summed E-state index contributed by atoms with van der Waals surface area (Å²) in [5.74, 6) is 8.11. The van der Waals surface area contributed by atoms with Crippen molar-refractivity contribution in [2.24, 2.45) is 11.7 Å². The van der Waals surface area contributed by atoms with E-state index in [2.05, 4.69) is 39.3 Å². The lowest BCUT2D eigenvalue weighted by Crippen LogP contribution is -2.46. The first-order chi connectivity index (χ1) is 26.7. The van der Waals surface area contributed by atoms with Crippen LogP contribution in [0, 0.1) is 17.8 Å². The highest BCUT2D eigenvalue weighted by Crippen LogP contribution is 2.38. The van der Waals surface area contributed by atoms with Crippen LogP contribution in [-0.2, 0) is 27.2 Å². The average molecular weight is 739 g/mol. The molecule has 2 aromatic heterocycles. The molecule has 4 heterocycles. The third-order valence-electron chi connectivity index (χ3n) is 11.2. The van der Waals surface area contributed by atoms with Crippen LogP contribution in [0.5, 0.6) is 0 Å². The van der Waals surface area contributed by atoms with Crippen molar-refractivity contribution < 1.29 is 19.1 Å². The summed E-state index contributed by atoms with van der Waals surface area (Å²) in [5, 5.41) is 2.72. The number of imidazole rings is 2. The molecule has 8 rings (SSSR count). The van der Waals surface area contributed by atoms with Crippen molar-refractivity contribution in [3.05, 3.63) is 106 Å². The maximum absolute atomic E-state index is 13.9. The number of hydrogen-bond acceptors (Lipinski definition) is 7. The molecule has 3 aliphatic rings. The lowest BCUT2D eigenvalue weighted by molar-refractivity contribution is -0.135. The van der Waals surface area contributed by atoms with Gasteiger partial charge < -0.3 is 35.6 Å². The Morgan fingerprint density at radius 1 is 0.855 bits per heavy atom. The van der Waals surface area contributed by atoms with Crippen LogP contribution in [0.25, 0.3) is 22.3 Å². The second-order valence-corrected chi connectivity index (χ2v) is 15.0. The van der Waals surface area contributed by atoms with Crippen LogP contribution >= 0.6 is 0 Å². The number of fused-ring (bicyclic) bond motifs is 4. The first-order valence-electron chi connectivity index (χ1n) is 19.2. The number of methoxy groups -OCH3 is 1. The number of benzene rings is 3. The number of aromatic nitrogens is 4. The average Bonchev–Trinajstić information content (AvgIpc) is 4.03. The monoisotopic (exact) mass is 738 g/mol. The van der Waals surface area contributed by atoms with Gasteiger partial charge in [-0.1, -0.05) is 62.1 Å². The van der Waals surface area contributed by atoms with Crippen molar-refractivity contribution in [3.8, 4) is 23.1 Å². The SMILES string of the molecule is COC(=O)N[C@@H](C(=O)N1CCC[C@H]1c1nc2ccc(C#Cc3ccc4c(c3)CCc3nc([C@@H]5CCCN5C(=O)[C@@H](N)C(C)C)[nH]c3-4)cc2[nH]1)c1ccccc1. The van der Waals surface area contributed by atoms with Gasteiger partial charge in [0.2, 0.25) is 5.91 Å². The summed E-state index contributed by atoms with van der Waals surface area (Å²) in [6.07, 6.45) is 4.40. The van der Waals surface area contributed by atoms with Crippen LogP contribution in [0.4, 0.5) is 4.79 Å². The molecule has 0 saturated carbocycles. The number of likely N-dealkylation sites (tertiary alicyclic amines) is 2. The summed E-state index contributed by atoms with van der Waals surface area (Å²) in [4.78, 5) is 60.0. The Kier molecular flexibility index (Phi) is 9.88. The van der Waals surface area contributed by atoms with Gasteiger partial charge in [0.25, 0.3) is 5.91 Å². The zero-order valence-electron chi connectivity index (χ0n) is 31.4. The third-order valence-corrected chi connectivity index (χ3v) is 11.2. The molecule has 0 bridgehead atoms. The number of aryl methyl sites for hydroxylation is 2. The molecule has 4 atom stereocenters. The van der Waals surface area contributed by atoms with Gasteiger partial charge in [0.15, 0.2) is 0 Å². The van der Waals surface area contributed by atoms with Gasteiger partial charge in [-0.3, -0.25) is 9.59 Å². The topological polar surface area (TPSA) is 162 Å². The van der Waals surface area contributed by atoms with Crippen molar-refractivity contribution in [1.29, 1.82) is 0 Å². The highest BCUT2D eigenvalue weighted by Gasteiger charge is 2.38. The van der Waals surface area contributed by atoms with Gasteiger partial charge in [0.05, 0.1) is 47.7 Å². The number of aromatic amines is 2. The Balaban J connectivity index is 0.987. The van der Waals surface area contributed by atoms with Gasteiger partial charge in [-0.2, -0.15) is 0 Å². The minimum absolute atomic E-state index is 0.00128. The van der Waals surface area contributed by atoms with Crippen LogP contribution < -0.4 is 11.1 Å². The van der Waals surface area contributed by atoms with E-state index in [1.54, 1.807) is 4.90 Å².